The van der Waals surface area contributed by atoms with E-state index in [1.807, 2.05) is 12.3 Å². The minimum Gasteiger partial charge on any atom is -0.384 e. The van der Waals surface area contributed by atoms with Gasteiger partial charge in [0.25, 0.3) is 0 Å². The maximum absolute atomic E-state index is 8.99. The number of hydrogen-bond acceptors (Lipinski definition) is 4. The van der Waals surface area contributed by atoms with Crippen molar-refractivity contribution in [1.29, 1.82) is 5.26 Å². The molecule has 0 spiro atoms. The van der Waals surface area contributed by atoms with Crippen molar-refractivity contribution in [3.8, 4) is 6.07 Å². The first-order valence-corrected chi connectivity index (χ1v) is 6.79. The first-order chi connectivity index (χ1) is 8.69. The molecule has 3 nitrogen and oxygen atoms in total. The molecule has 0 atom stereocenters. The van der Waals surface area contributed by atoms with E-state index < -0.39 is 0 Å². The third-order valence-corrected chi connectivity index (χ3v) is 3.68. The normalized spacial score (nSPS) is 10.1. The van der Waals surface area contributed by atoms with Crippen LogP contribution >= 0.6 is 22.9 Å². The molecular formula is C13H12ClN3S. The molecule has 0 saturated heterocycles. The molecule has 0 amide bonds. The maximum Gasteiger partial charge on any atom is 0.101 e. The minimum absolute atomic E-state index is 0.606. The van der Waals surface area contributed by atoms with Gasteiger partial charge in [0.2, 0.25) is 0 Å². The number of hydrogen-bond donors (Lipinski definition) is 1. The Labute approximate surface area is 115 Å². The monoisotopic (exact) mass is 277 g/mol. The van der Waals surface area contributed by atoms with Gasteiger partial charge < -0.3 is 5.32 Å². The average molecular weight is 278 g/mol. The first kappa shape index (κ1) is 12.9. The summed E-state index contributed by atoms with van der Waals surface area (Å²) >= 11 is 7.57. The zero-order chi connectivity index (χ0) is 13.0. The van der Waals surface area contributed by atoms with Gasteiger partial charge in [-0.15, -0.1) is 11.3 Å². The highest BCUT2D eigenvalue weighted by Gasteiger charge is 2.03. The maximum atomic E-state index is 8.99. The molecule has 0 saturated carbocycles. The van der Waals surface area contributed by atoms with Crippen molar-refractivity contribution in [1.82, 2.24) is 4.98 Å². The predicted octanol–water partition coefficient (Wildman–Crippen LogP) is 3.63. The Morgan fingerprint density at radius 1 is 1.50 bits per heavy atom. The number of nitriles is 1. The highest BCUT2D eigenvalue weighted by Crippen LogP contribution is 2.20. The highest BCUT2D eigenvalue weighted by molar-refractivity contribution is 7.09. The third kappa shape index (κ3) is 3.22. The van der Waals surface area contributed by atoms with Crippen molar-refractivity contribution in [3.05, 3.63) is 44.9 Å². The fourth-order valence-electron chi connectivity index (χ4n) is 1.58. The Kier molecular flexibility index (Phi) is 4.19. The fourth-order valence-corrected chi connectivity index (χ4v) is 2.53. The summed E-state index contributed by atoms with van der Waals surface area (Å²) < 4.78 is 0. The van der Waals surface area contributed by atoms with Crippen LogP contribution in [0.1, 0.15) is 16.3 Å². The Morgan fingerprint density at radius 3 is 3.00 bits per heavy atom. The molecule has 1 N–H and O–H groups in total. The molecule has 0 aliphatic heterocycles. The van der Waals surface area contributed by atoms with Crippen LogP contribution in [-0.4, -0.2) is 11.5 Å². The quantitative estimate of drug-likeness (QED) is 0.928. The number of anilines is 1. The van der Waals surface area contributed by atoms with E-state index >= 15 is 0 Å². The summed E-state index contributed by atoms with van der Waals surface area (Å²) in [6.45, 7) is 2.72. The van der Waals surface area contributed by atoms with Crippen LogP contribution in [0.25, 0.3) is 0 Å². The summed E-state index contributed by atoms with van der Waals surface area (Å²) in [5.41, 5.74) is 2.43. The second kappa shape index (κ2) is 5.85. The van der Waals surface area contributed by atoms with Crippen LogP contribution in [0.2, 0.25) is 5.02 Å². The molecule has 0 radical (unpaired) electrons. The van der Waals surface area contributed by atoms with Crippen molar-refractivity contribution in [2.45, 2.75) is 13.3 Å². The van der Waals surface area contributed by atoms with Crippen LogP contribution in [0.3, 0.4) is 0 Å². The number of nitrogens with zero attached hydrogens (tertiary/aromatic N) is 2. The van der Waals surface area contributed by atoms with E-state index in [-0.39, 0.29) is 0 Å². The molecular weight excluding hydrogens is 266 g/mol. The van der Waals surface area contributed by atoms with Crippen molar-refractivity contribution in [2.24, 2.45) is 0 Å². The standard InChI is InChI=1S/C13H12ClN3S/c1-9-8-18-13(17-9)4-5-16-12-6-11(14)3-2-10(12)7-15/h2-3,6,8,16H,4-5H2,1H3. The van der Waals surface area contributed by atoms with Crippen LogP contribution in [0, 0.1) is 18.3 Å². The number of aryl methyl sites for hydroxylation is 1. The van der Waals surface area contributed by atoms with Crippen LogP contribution in [0.4, 0.5) is 5.69 Å². The van der Waals surface area contributed by atoms with Gasteiger partial charge in [-0.25, -0.2) is 4.98 Å². The van der Waals surface area contributed by atoms with Gasteiger partial charge in [0, 0.05) is 29.1 Å². The Morgan fingerprint density at radius 2 is 2.33 bits per heavy atom. The van der Waals surface area contributed by atoms with E-state index in [0.29, 0.717) is 10.6 Å². The summed E-state index contributed by atoms with van der Waals surface area (Å²) in [4.78, 5) is 4.39. The number of thiazole rings is 1. The molecule has 0 fully saturated rings. The molecule has 2 aromatic rings. The van der Waals surface area contributed by atoms with Gasteiger partial charge in [-0.1, -0.05) is 11.6 Å². The number of halogens is 1. The lowest BCUT2D eigenvalue weighted by Gasteiger charge is -2.07. The van der Waals surface area contributed by atoms with Gasteiger partial charge in [-0.05, 0) is 25.1 Å². The van der Waals surface area contributed by atoms with E-state index in [2.05, 4.69) is 16.4 Å². The van der Waals surface area contributed by atoms with E-state index in [9.17, 15) is 0 Å². The van der Waals surface area contributed by atoms with Gasteiger partial charge in [0.15, 0.2) is 0 Å². The predicted molar refractivity (Wildman–Crippen MR) is 75.2 cm³/mol. The number of nitrogens with one attached hydrogen (secondary N) is 1. The molecule has 0 aliphatic rings. The average Bonchev–Trinajstić information content (AvgIpc) is 2.75. The smallest absolute Gasteiger partial charge is 0.101 e. The lowest BCUT2D eigenvalue weighted by atomic mass is 10.2. The largest absolute Gasteiger partial charge is 0.384 e. The van der Waals surface area contributed by atoms with E-state index in [4.69, 9.17) is 16.9 Å². The van der Waals surface area contributed by atoms with Crippen LogP contribution < -0.4 is 5.32 Å². The summed E-state index contributed by atoms with van der Waals surface area (Å²) in [5.74, 6) is 0. The van der Waals surface area contributed by atoms with Crippen LogP contribution in [0.15, 0.2) is 23.6 Å². The molecule has 92 valence electrons. The summed E-state index contributed by atoms with van der Waals surface area (Å²) in [7, 11) is 0. The zero-order valence-corrected chi connectivity index (χ0v) is 11.5. The number of benzene rings is 1. The van der Waals surface area contributed by atoms with Crippen molar-refractivity contribution >= 4 is 28.6 Å². The number of aromatic nitrogens is 1. The molecule has 5 heteroatoms. The SMILES string of the molecule is Cc1csc(CCNc2cc(Cl)ccc2C#N)n1. The molecule has 1 aromatic heterocycles. The van der Waals surface area contributed by atoms with E-state index in [0.717, 1.165) is 29.4 Å². The second-order valence-corrected chi connectivity index (χ2v) is 5.24. The lowest BCUT2D eigenvalue weighted by molar-refractivity contribution is 0.986. The van der Waals surface area contributed by atoms with Gasteiger partial charge >= 0.3 is 0 Å². The van der Waals surface area contributed by atoms with Gasteiger partial charge in [0.1, 0.15) is 6.07 Å². The molecule has 0 aliphatic carbocycles. The van der Waals surface area contributed by atoms with Gasteiger partial charge in [-0.2, -0.15) is 5.26 Å². The topological polar surface area (TPSA) is 48.7 Å². The molecule has 1 heterocycles. The zero-order valence-electron chi connectivity index (χ0n) is 9.90. The van der Waals surface area contributed by atoms with Crippen molar-refractivity contribution in [2.75, 3.05) is 11.9 Å². The summed E-state index contributed by atoms with van der Waals surface area (Å²) in [6, 6.07) is 7.35. The Bertz CT molecular complexity index is 586. The van der Waals surface area contributed by atoms with Crippen LogP contribution in [0.5, 0.6) is 0 Å². The van der Waals surface area contributed by atoms with Crippen LogP contribution in [-0.2, 0) is 6.42 Å². The minimum atomic E-state index is 0.606. The first-order valence-electron chi connectivity index (χ1n) is 5.53. The molecule has 0 bridgehead atoms. The Hall–Kier alpha value is -1.57. The van der Waals surface area contributed by atoms with Gasteiger partial charge in [0.05, 0.1) is 16.3 Å². The van der Waals surface area contributed by atoms with E-state index in [1.54, 1.807) is 29.5 Å². The highest BCUT2D eigenvalue weighted by atomic mass is 35.5. The van der Waals surface area contributed by atoms with Crippen molar-refractivity contribution in [3.63, 3.8) is 0 Å². The fraction of sp³-hybridized carbons (Fsp3) is 0.231. The molecule has 18 heavy (non-hydrogen) atoms. The van der Waals surface area contributed by atoms with E-state index in [1.165, 1.54) is 0 Å². The summed E-state index contributed by atoms with van der Waals surface area (Å²) in [5, 5.41) is 16.0. The Balaban J connectivity index is 1.98. The second-order valence-electron chi connectivity index (χ2n) is 3.86. The number of rotatable bonds is 4. The molecule has 1 aromatic carbocycles. The third-order valence-electron chi connectivity index (χ3n) is 2.42. The van der Waals surface area contributed by atoms with Gasteiger partial charge in [-0.3, -0.25) is 0 Å². The summed E-state index contributed by atoms with van der Waals surface area (Å²) in [6.07, 6.45) is 0.843. The van der Waals surface area contributed by atoms with Crippen molar-refractivity contribution < 1.29 is 0 Å². The lowest BCUT2D eigenvalue weighted by Crippen LogP contribution is -2.06. The molecule has 2 rings (SSSR count). The molecule has 0 unspecified atom stereocenters.